The van der Waals surface area contributed by atoms with Crippen LogP contribution < -0.4 is 20.0 Å². The number of halogens is 1. The minimum Gasteiger partial charge on any atom is -0.492 e. The lowest BCUT2D eigenvalue weighted by molar-refractivity contribution is 0.0695. The van der Waals surface area contributed by atoms with Crippen molar-refractivity contribution >= 4 is 28.4 Å². The van der Waals surface area contributed by atoms with Gasteiger partial charge in [-0.05, 0) is 50.0 Å². The van der Waals surface area contributed by atoms with Crippen LogP contribution >= 0.6 is 0 Å². The van der Waals surface area contributed by atoms with Crippen LogP contribution in [0.15, 0.2) is 65.7 Å². The molecule has 0 aliphatic carbocycles. The summed E-state index contributed by atoms with van der Waals surface area (Å²) in [5, 5.41) is 9.69. The Morgan fingerprint density at radius 1 is 1.08 bits per heavy atom. The number of rotatable bonds is 7. The minimum atomic E-state index is -1.38. The number of piperazine rings is 1. The molecule has 0 unspecified atom stereocenters. The van der Waals surface area contributed by atoms with Crippen LogP contribution in [0.25, 0.3) is 16.6 Å². The number of carboxylic acids is 1. The van der Waals surface area contributed by atoms with Gasteiger partial charge in [0.1, 0.15) is 22.6 Å². The summed E-state index contributed by atoms with van der Waals surface area (Å²) in [4.78, 5) is 35.6. The molecule has 1 fully saturated rings. The van der Waals surface area contributed by atoms with E-state index < -0.39 is 22.8 Å². The van der Waals surface area contributed by atoms with Crippen LogP contribution in [0.2, 0.25) is 0 Å². The second-order valence-electron chi connectivity index (χ2n) is 9.75. The molecule has 1 saturated heterocycles. The van der Waals surface area contributed by atoms with E-state index in [1.165, 1.54) is 13.3 Å². The Bertz CT molecular complexity index is 1560. The van der Waals surface area contributed by atoms with Crippen LogP contribution in [-0.4, -0.2) is 72.9 Å². The molecule has 2 aromatic carbocycles. The number of aromatic nitrogens is 2. The van der Waals surface area contributed by atoms with E-state index >= 15 is 4.39 Å². The molecule has 9 nitrogen and oxygen atoms in total. The van der Waals surface area contributed by atoms with Crippen molar-refractivity contribution in [2.75, 3.05) is 57.2 Å². The molecule has 1 N–H and O–H groups in total. The molecule has 2 aromatic heterocycles. The fraction of sp³-hybridized carbons (Fsp3) is 0.276. The van der Waals surface area contributed by atoms with Gasteiger partial charge < -0.3 is 29.1 Å². The Hall–Kier alpha value is -4.44. The number of hydrogen-bond acceptors (Lipinski definition) is 7. The van der Waals surface area contributed by atoms with Crippen molar-refractivity contribution in [1.29, 1.82) is 0 Å². The highest BCUT2D eigenvalue weighted by atomic mass is 19.1. The highest BCUT2D eigenvalue weighted by Crippen LogP contribution is 2.39. The second kappa shape index (κ2) is 10.7. The average molecular weight is 532 g/mol. The molecule has 0 saturated carbocycles. The summed E-state index contributed by atoms with van der Waals surface area (Å²) in [6.45, 7) is 2.98. The summed E-state index contributed by atoms with van der Waals surface area (Å²) in [6, 6.07) is 14.4. The molecular weight excluding hydrogens is 501 g/mol. The second-order valence-corrected chi connectivity index (χ2v) is 9.75. The molecule has 0 atom stereocenters. The van der Waals surface area contributed by atoms with Crippen molar-refractivity contribution in [3.8, 4) is 11.4 Å². The first-order valence-corrected chi connectivity index (χ1v) is 12.6. The fourth-order valence-corrected chi connectivity index (χ4v) is 5.09. The normalized spacial score (nSPS) is 13.8. The maximum Gasteiger partial charge on any atom is 0.341 e. The number of carbonyl (C=O) groups is 1. The maximum absolute atomic E-state index is 15.7. The Morgan fingerprint density at radius 2 is 1.77 bits per heavy atom. The number of aromatic carboxylic acids is 1. The summed E-state index contributed by atoms with van der Waals surface area (Å²) < 4.78 is 23.1. The molecule has 0 bridgehead atoms. The van der Waals surface area contributed by atoms with Crippen LogP contribution in [-0.2, 0) is 6.54 Å². The smallest absolute Gasteiger partial charge is 0.341 e. The van der Waals surface area contributed by atoms with Gasteiger partial charge in [-0.15, -0.1) is 0 Å². The first-order chi connectivity index (χ1) is 18.8. The van der Waals surface area contributed by atoms with Gasteiger partial charge in [0.25, 0.3) is 0 Å². The Balaban J connectivity index is 1.64. The van der Waals surface area contributed by atoms with E-state index in [2.05, 4.69) is 9.88 Å². The quantitative estimate of drug-likeness (QED) is 0.387. The first-order valence-electron chi connectivity index (χ1n) is 12.6. The molecule has 0 amide bonds. The van der Waals surface area contributed by atoms with Crippen molar-refractivity contribution in [3.05, 3.63) is 88.1 Å². The first kappa shape index (κ1) is 26.2. The molecule has 0 spiro atoms. The Labute approximate surface area is 225 Å². The molecule has 5 rings (SSSR count). The van der Waals surface area contributed by atoms with Gasteiger partial charge >= 0.3 is 5.97 Å². The number of methoxy groups -OCH3 is 1. The molecule has 3 heterocycles. The number of nitrogens with zero attached hydrogens (tertiary/aromatic N) is 5. The fourth-order valence-electron chi connectivity index (χ4n) is 5.09. The maximum atomic E-state index is 15.7. The number of hydrogen-bond donors (Lipinski definition) is 1. The predicted octanol–water partition coefficient (Wildman–Crippen LogP) is 3.62. The molecule has 10 heteroatoms. The van der Waals surface area contributed by atoms with Gasteiger partial charge in [-0.25, -0.2) is 14.2 Å². The standard InChI is InChI=1S/C29H30FN5O4/c1-32(2)17-19-7-9-20(10-8-19)35-18-22(29(37)38)27(36)21-16-23(30)26(28(39-3)25(21)35)34-14-12-33(13-15-34)24-6-4-5-11-31-24/h4-11,16,18H,12-15,17H2,1-3H3,(H,37,38). The molecule has 1 aliphatic heterocycles. The van der Waals surface area contributed by atoms with Crippen LogP contribution in [0.1, 0.15) is 15.9 Å². The van der Waals surface area contributed by atoms with Crippen LogP contribution in [0.3, 0.4) is 0 Å². The number of benzene rings is 2. The van der Waals surface area contributed by atoms with Gasteiger partial charge in [-0.2, -0.15) is 0 Å². The number of ether oxygens (including phenoxy) is 1. The summed E-state index contributed by atoms with van der Waals surface area (Å²) in [5.74, 6) is -0.981. The van der Waals surface area contributed by atoms with Gasteiger partial charge in [-0.3, -0.25) is 4.79 Å². The largest absolute Gasteiger partial charge is 0.492 e. The Kier molecular flexibility index (Phi) is 7.21. The van der Waals surface area contributed by atoms with Crippen molar-refractivity contribution in [2.24, 2.45) is 0 Å². The monoisotopic (exact) mass is 531 g/mol. The zero-order valence-electron chi connectivity index (χ0n) is 22.1. The van der Waals surface area contributed by atoms with E-state index in [9.17, 15) is 14.7 Å². The van der Waals surface area contributed by atoms with Crippen molar-refractivity contribution in [1.82, 2.24) is 14.5 Å². The third kappa shape index (κ3) is 5.03. The van der Waals surface area contributed by atoms with E-state index in [0.717, 1.165) is 24.0 Å². The lowest BCUT2D eigenvalue weighted by atomic mass is 10.1. The molecule has 39 heavy (non-hydrogen) atoms. The Morgan fingerprint density at radius 3 is 2.36 bits per heavy atom. The van der Waals surface area contributed by atoms with Crippen molar-refractivity contribution in [2.45, 2.75) is 6.54 Å². The lowest BCUT2D eigenvalue weighted by Gasteiger charge is -2.37. The van der Waals surface area contributed by atoms with Crippen LogP contribution in [0.5, 0.6) is 5.75 Å². The van der Waals surface area contributed by atoms with E-state index in [1.807, 2.05) is 66.4 Å². The van der Waals surface area contributed by atoms with Gasteiger partial charge in [0, 0.05) is 50.8 Å². The van der Waals surface area contributed by atoms with Gasteiger partial charge in [0.15, 0.2) is 11.6 Å². The van der Waals surface area contributed by atoms with Gasteiger partial charge in [0.05, 0.1) is 12.5 Å². The van der Waals surface area contributed by atoms with Gasteiger partial charge in [0.2, 0.25) is 5.43 Å². The van der Waals surface area contributed by atoms with Crippen molar-refractivity contribution < 1.29 is 19.0 Å². The number of carboxylic acid groups (broad SMARTS) is 1. The van der Waals surface area contributed by atoms with E-state index in [-0.39, 0.29) is 16.8 Å². The zero-order chi connectivity index (χ0) is 27.7. The highest BCUT2D eigenvalue weighted by Gasteiger charge is 2.28. The summed E-state index contributed by atoms with van der Waals surface area (Å²) in [7, 11) is 5.38. The van der Waals surface area contributed by atoms with E-state index in [1.54, 1.807) is 10.8 Å². The molecule has 4 aromatic rings. The summed E-state index contributed by atoms with van der Waals surface area (Å²) in [5.41, 5.74) is 1.04. The predicted molar refractivity (Wildman–Crippen MR) is 149 cm³/mol. The molecular formula is C29H30FN5O4. The summed E-state index contributed by atoms with van der Waals surface area (Å²) in [6.07, 6.45) is 3.03. The number of fused-ring (bicyclic) bond motifs is 1. The highest BCUT2D eigenvalue weighted by molar-refractivity contribution is 5.97. The van der Waals surface area contributed by atoms with Crippen molar-refractivity contribution in [3.63, 3.8) is 0 Å². The molecule has 202 valence electrons. The van der Waals surface area contributed by atoms with Crippen LogP contribution in [0, 0.1) is 5.82 Å². The lowest BCUT2D eigenvalue weighted by Crippen LogP contribution is -2.47. The van der Waals surface area contributed by atoms with Gasteiger partial charge in [-0.1, -0.05) is 18.2 Å². The van der Waals surface area contributed by atoms with E-state index in [4.69, 9.17) is 4.74 Å². The molecule has 0 radical (unpaired) electrons. The SMILES string of the molecule is COc1c(N2CCN(c3ccccn3)CC2)c(F)cc2c(=O)c(C(=O)O)cn(-c3ccc(CN(C)C)cc3)c12. The van der Waals surface area contributed by atoms with E-state index in [0.29, 0.717) is 37.4 Å². The number of pyridine rings is 2. The minimum absolute atomic E-state index is 0.0579. The average Bonchev–Trinajstić information content (AvgIpc) is 2.93. The molecule has 1 aliphatic rings. The number of anilines is 2. The topological polar surface area (TPSA) is 91.1 Å². The zero-order valence-corrected chi connectivity index (χ0v) is 22.1. The third-order valence-electron chi connectivity index (χ3n) is 6.89. The van der Waals surface area contributed by atoms with Crippen LogP contribution in [0.4, 0.5) is 15.9 Å². The third-order valence-corrected chi connectivity index (χ3v) is 6.89. The summed E-state index contributed by atoms with van der Waals surface area (Å²) >= 11 is 0.